The fourth-order valence-electron chi connectivity index (χ4n) is 1.79. The molecule has 0 atom stereocenters. The molecule has 2 aromatic carbocycles. The number of alkyl halides is 3. The molecule has 25 heavy (non-hydrogen) atoms. The fraction of sp³-hybridized carbons (Fsp3) is 0.0714. The summed E-state index contributed by atoms with van der Waals surface area (Å²) in [7, 11) is 0. The molecule has 2 aromatic rings. The molecule has 0 radical (unpaired) electrons. The van der Waals surface area contributed by atoms with Gasteiger partial charge in [-0.15, -0.1) is 0 Å². The zero-order valence-electron chi connectivity index (χ0n) is 12.0. The smallest absolute Gasteiger partial charge is 0.416 e. The summed E-state index contributed by atoms with van der Waals surface area (Å²) in [5.41, 5.74) is 0.643. The van der Waals surface area contributed by atoms with E-state index >= 15 is 0 Å². The van der Waals surface area contributed by atoms with E-state index in [1.165, 1.54) is 18.3 Å². The normalized spacial score (nSPS) is 11.7. The van der Waals surface area contributed by atoms with Crippen LogP contribution in [0.5, 0.6) is 5.75 Å². The lowest BCUT2D eigenvalue weighted by Gasteiger charge is -2.08. The number of benzene rings is 2. The molecule has 0 aliphatic carbocycles. The maximum absolute atomic E-state index is 12.6. The van der Waals surface area contributed by atoms with E-state index in [1.54, 1.807) is 0 Å². The van der Waals surface area contributed by atoms with E-state index in [4.69, 9.17) is 11.6 Å². The van der Waals surface area contributed by atoms with Crippen molar-refractivity contribution in [3.8, 4) is 5.75 Å². The lowest BCUT2D eigenvalue weighted by molar-refractivity contribution is -0.384. The number of phenols is 1. The van der Waals surface area contributed by atoms with E-state index in [2.05, 4.69) is 26.5 Å². The minimum absolute atomic E-state index is 0.0522. The molecule has 0 saturated carbocycles. The number of hydrogen-bond donors (Lipinski definition) is 2. The number of halogens is 5. The van der Waals surface area contributed by atoms with E-state index < -0.39 is 22.4 Å². The van der Waals surface area contributed by atoms with Crippen LogP contribution in [0.1, 0.15) is 11.1 Å². The van der Waals surface area contributed by atoms with Crippen LogP contribution >= 0.6 is 27.5 Å². The minimum atomic E-state index is -4.69. The third kappa shape index (κ3) is 4.60. The number of nitro groups is 1. The van der Waals surface area contributed by atoms with Crippen LogP contribution in [-0.4, -0.2) is 16.2 Å². The van der Waals surface area contributed by atoms with Gasteiger partial charge in [-0.1, -0.05) is 11.6 Å². The number of hydrazone groups is 1. The van der Waals surface area contributed by atoms with Gasteiger partial charge in [0.25, 0.3) is 5.69 Å². The van der Waals surface area contributed by atoms with E-state index in [0.717, 1.165) is 6.07 Å². The molecule has 0 aliphatic rings. The maximum atomic E-state index is 12.6. The summed E-state index contributed by atoms with van der Waals surface area (Å²) in [4.78, 5) is 10.0. The Kier molecular flexibility index (Phi) is 5.53. The van der Waals surface area contributed by atoms with Gasteiger partial charge in [0.15, 0.2) is 0 Å². The number of nitrogens with one attached hydrogen (secondary N) is 1. The van der Waals surface area contributed by atoms with E-state index in [9.17, 15) is 28.4 Å². The van der Waals surface area contributed by atoms with Gasteiger partial charge in [-0.3, -0.25) is 15.5 Å². The van der Waals surface area contributed by atoms with Gasteiger partial charge < -0.3 is 5.11 Å². The maximum Gasteiger partial charge on any atom is 0.416 e. The quantitative estimate of drug-likeness (QED) is 0.391. The summed E-state index contributed by atoms with van der Waals surface area (Å²) in [5, 5.41) is 24.3. The van der Waals surface area contributed by atoms with Gasteiger partial charge in [-0.25, -0.2) is 0 Å². The van der Waals surface area contributed by atoms with E-state index in [1.807, 2.05) is 0 Å². The predicted octanol–water partition coefficient (Wildman–Crippen LogP) is 5.18. The Labute approximate surface area is 152 Å². The minimum Gasteiger partial charge on any atom is -0.505 e. The Morgan fingerprint density at radius 3 is 2.56 bits per heavy atom. The Bertz CT molecular complexity index is 836. The van der Waals surface area contributed by atoms with E-state index in [0.29, 0.717) is 22.2 Å². The summed E-state index contributed by atoms with van der Waals surface area (Å²) in [6.07, 6.45) is -3.46. The van der Waals surface area contributed by atoms with Gasteiger partial charge >= 0.3 is 6.18 Å². The van der Waals surface area contributed by atoms with Crippen LogP contribution in [0.4, 0.5) is 24.5 Å². The van der Waals surface area contributed by atoms with Crippen molar-refractivity contribution in [2.75, 3.05) is 5.43 Å². The number of rotatable bonds is 4. The summed E-state index contributed by atoms with van der Waals surface area (Å²) in [6.45, 7) is 0. The van der Waals surface area contributed by atoms with Gasteiger partial charge in [-0.2, -0.15) is 18.3 Å². The Morgan fingerprint density at radius 1 is 1.32 bits per heavy atom. The number of phenolic OH excluding ortho intramolecular Hbond substituents is 1. The summed E-state index contributed by atoms with van der Waals surface area (Å²) in [5.74, 6) is -0.162. The first-order valence-electron chi connectivity index (χ1n) is 6.42. The van der Waals surface area contributed by atoms with Crippen molar-refractivity contribution in [2.24, 2.45) is 5.10 Å². The molecule has 2 rings (SSSR count). The third-order valence-corrected chi connectivity index (χ3v) is 3.85. The highest BCUT2D eigenvalue weighted by molar-refractivity contribution is 9.10. The van der Waals surface area contributed by atoms with Crippen LogP contribution in [0.25, 0.3) is 0 Å². The zero-order valence-corrected chi connectivity index (χ0v) is 14.4. The highest BCUT2D eigenvalue weighted by atomic mass is 79.9. The zero-order chi connectivity index (χ0) is 18.8. The second kappa shape index (κ2) is 7.28. The van der Waals surface area contributed by atoms with Crippen molar-refractivity contribution in [1.82, 2.24) is 0 Å². The van der Waals surface area contributed by atoms with Crippen molar-refractivity contribution in [3.05, 3.63) is 61.1 Å². The fourth-order valence-corrected chi connectivity index (χ4v) is 2.61. The summed E-state index contributed by atoms with van der Waals surface area (Å²) in [6, 6.07) is 4.91. The monoisotopic (exact) mass is 437 g/mol. The number of nitro benzene ring substituents is 1. The molecule has 0 spiro atoms. The first kappa shape index (κ1) is 19.0. The van der Waals surface area contributed by atoms with Gasteiger partial charge in [0.1, 0.15) is 11.4 Å². The van der Waals surface area contributed by atoms with Crippen molar-refractivity contribution >= 4 is 45.1 Å². The Morgan fingerprint density at radius 2 is 2.00 bits per heavy atom. The number of hydrogen-bond acceptors (Lipinski definition) is 5. The Hall–Kier alpha value is -2.33. The topological polar surface area (TPSA) is 87.8 Å². The van der Waals surface area contributed by atoms with Crippen molar-refractivity contribution in [3.63, 3.8) is 0 Å². The molecular formula is C14H8BrClF3N3O3. The van der Waals surface area contributed by atoms with Crippen LogP contribution in [0.2, 0.25) is 5.02 Å². The SMILES string of the molecule is O=[N+]([O-])c1cc(C(F)(F)F)ccc1N/N=C\c1cc(Cl)c(O)c(Br)c1. The van der Waals surface area contributed by atoms with Gasteiger partial charge in [0, 0.05) is 6.07 Å². The average Bonchev–Trinajstić information content (AvgIpc) is 2.51. The molecule has 0 aromatic heterocycles. The first-order valence-corrected chi connectivity index (χ1v) is 7.59. The molecule has 0 unspecified atom stereocenters. The van der Waals surface area contributed by atoms with Crippen LogP contribution in [0.3, 0.4) is 0 Å². The summed E-state index contributed by atoms with van der Waals surface area (Å²) >= 11 is 8.86. The number of nitrogens with zero attached hydrogens (tertiary/aromatic N) is 2. The average molecular weight is 439 g/mol. The van der Waals surface area contributed by atoms with Gasteiger partial charge in [0.2, 0.25) is 0 Å². The van der Waals surface area contributed by atoms with Crippen molar-refractivity contribution in [2.45, 2.75) is 6.18 Å². The second-order valence-corrected chi connectivity index (χ2v) is 5.95. The number of anilines is 1. The molecular weight excluding hydrogens is 431 g/mol. The lowest BCUT2D eigenvalue weighted by Crippen LogP contribution is -2.06. The van der Waals surface area contributed by atoms with Crippen LogP contribution in [-0.2, 0) is 6.18 Å². The first-order chi connectivity index (χ1) is 11.6. The molecule has 2 N–H and O–H groups in total. The highest BCUT2D eigenvalue weighted by Crippen LogP contribution is 2.35. The Balaban J connectivity index is 2.27. The van der Waals surface area contributed by atoms with Gasteiger partial charge in [0.05, 0.1) is 26.2 Å². The molecule has 0 fully saturated rings. The predicted molar refractivity (Wildman–Crippen MR) is 90.1 cm³/mol. The second-order valence-electron chi connectivity index (χ2n) is 4.69. The molecule has 0 aliphatic heterocycles. The third-order valence-electron chi connectivity index (χ3n) is 2.96. The molecule has 0 amide bonds. The van der Waals surface area contributed by atoms with Crippen LogP contribution in [0.15, 0.2) is 39.9 Å². The molecule has 0 saturated heterocycles. The lowest BCUT2D eigenvalue weighted by atomic mass is 10.1. The van der Waals surface area contributed by atoms with Crippen molar-refractivity contribution < 1.29 is 23.2 Å². The van der Waals surface area contributed by atoms with Gasteiger partial charge in [-0.05, 0) is 45.8 Å². The molecule has 6 nitrogen and oxygen atoms in total. The molecule has 11 heteroatoms. The summed E-state index contributed by atoms with van der Waals surface area (Å²) < 4.78 is 38.2. The molecule has 0 bridgehead atoms. The molecule has 132 valence electrons. The largest absolute Gasteiger partial charge is 0.505 e. The van der Waals surface area contributed by atoms with Crippen molar-refractivity contribution in [1.29, 1.82) is 0 Å². The molecule has 0 heterocycles. The van der Waals surface area contributed by atoms with E-state index in [-0.39, 0.29) is 16.5 Å². The van der Waals surface area contributed by atoms with Crippen LogP contribution < -0.4 is 5.43 Å². The standard InChI is InChI=1S/C14H8BrClF3N3O3/c15-9-3-7(4-10(16)13(9)23)6-20-21-11-2-1-8(14(17,18)19)5-12(11)22(24)25/h1-6,21,23H/b20-6-. The van der Waals surface area contributed by atoms with Crippen LogP contribution in [0, 0.1) is 10.1 Å². The number of aromatic hydroxyl groups is 1. The highest BCUT2D eigenvalue weighted by Gasteiger charge is 2.33.